The number of fused-ring (bicyclic) bond motifs is 1. The molecule has 1 unspecified atom stereocenters. The van der Waals surface area contributed by atoms with Crippen LogP contribution in [0.2, 0.25) is 0 Å². The monoisotopic (exact) mass is 566 g/mol. The molecule has 10 heteroatoms. The molecule has 4 rings (SSSR count). The SMILES string of the molecule is COc1cccc(-c2c(C)c(Cc3c(F)cccc3C(F)(F)F)c3n(c2=O)C(CN(C)C(C)(C)C)CS3)c1F. The molecule has 0 saturated carbocycles. The van der Waals surface area contributed by atoms with Gasteiger partial charge in [-0.15, -0.1) is 11.8 Å². The molecule has 39 heavy (non-hydrogen) atoms. The highest BCUT2D eigenvalue weighted by molar-refractivity contribution is 7.99. The minimum atomic E-state index is -4.77. The Bertz CT molecular complexity index is 1460. The molecule has 0 bridgehead atoms. The van der Waals surface area contributed by atoms with Crippen molar-refractivity contribution in [3.05, 3.63) is 80.6 Å². The van der Waals surface area contributed by atoms with Crippen molar-refractivity contribution in [2.24, 2.45) is 0 Å². The second kappa shape index (κ2) is 10.6. The summed E-state index contributed by atoms with van der Waals surface area (Å²) in [7, 11) is 3.24. The zero-order valence-electron chi connectivity index (χ0n) is 22.7. The second-order valence-electron chi connectivity index (χ2n) is 10.7. The van der Waals surface area contributed by atoms with Crippen LogP contribution in [0.5, 0.6) is 5.75 Å². The summed E-state index contributed by atoms with van der Waals surface area (Å²) in [5.74, 6) is -1.31. The highest BCUT2D eigenvalue weighted by Gasteiger charge is 2.37. The van der Waals surface area contributed by atoms with E-state index in [0.717, 1.165) is 18.2 Å². The van der Waals surface area contributed by atoms with Crippen LogP contribution in [-0.4, -0.2) is 41.5 Å². The quantitative estimate of drug-likeness (QED) is 0.298. The van der Waals surface area contributed by atoms with Crippen molar-refractivity contribution in [3.8, 4) is 16.9 Å². The van der Waals surface area contributed by atoms with E-state index >= 15 is 4.39 Å². The lowest BCUT2D eigenvalue weighted by atomic mass is 9.92. The van der Waals surface area contributed by atoms with Crippen molar-refractivity contribution in [2.75, 3.05) is 26.5 Å². The number of aromatic nitrogens is 1. The van der Waals surface area contributed by atoms with Crippen molar-refractivity contribution in [2.45, 2.75) is 56.9 Å². The Morgan fingerprint density at radius 2 is 1.74 bits per heavy atom. The van der Waals surface area contributed by atoms with Crippen LogP contribution in [0.25, 0.3) is 11.1 Å². The molecule has 1 aliphatic rings. The second-order valence-corrected chi connectivity index (χ2v) is 11.7. The number of nitrogens with zero attached hydrogens (tertiary/aromatic N) is 2. The van der Waals surface area contributed by atoms with E-state index in [2.05, 4.69) is 4.90 Å². The van der Waals surface area contributed by atoms with Gasteiger partial charge in [0.1, 0.15) is 5.82 Å². The third-order valence-electron chi connectivity index (χ3n) is 7.37. The van der Waals surface area contributed by atoms with Crippen molar-refractivity contribution in [1.29, 1.82) is 0 Å². The van der Waals surface area contributed by atoms with E-state index in [1.807, 2.05) is 27.8 Å². The lowest BCUT2D eigenvalue weighted by Crippen LogP contribution is -2.43. The molecule has 0 N–H and O–H groups in total. The largest absolute Gasteiger partial charge is 0.494 e. The first-order chi connectivity index (χ1) is 18.2. The number of alkyl halides is 3. The molecular formula is C29H31F5N2O2S. The molecule has 0 radical (unpaired) electrons. The van der Waals surface area contributed by atoms with Crippen molar-refractivity contribution >= 4 is 11.8 Å². The maximum Gasteiger partial charge on any atom is 0.416 e. The van der Waals surface area contributed by atoms with E-state index in [1.165, 1.54) is 31.0 Å². The molecule has 3 aromatic rings. The third kappa shape index (κ3) is 5.45. The van der Waals surface area contributed by atoms with E-state index in [1.54, 1.807) is 17.6 Å². The van der Waals surface area contributed by atoms with Gasteiger partial charge in [0.2, 0.25) is 0 Å². The van der Waals surface area contributed by atoms with Gasteiger partial charge in [0.25, 0.3) is 5.56 Å². The lowest BCUT2D eigenvalue weighted by molar-refractivity contribution is -0.138. The first kappa shape index (κ1) is 29.1. The van der Waals surface area contributed by atoms with E-state index < -0.39 is 40.9 Å². The summed E-state index contributed by atoms with van der Waals surface area (Å²) in [6, 6.07) is 6.96. The highest BCUT2D eigenvalue weighted by atomic mass is 32.2. The van der Waals surface area contributed by atoms with Crippen LogP contribution in [0.4, 0.5) is 22.0 Å². The molecule has 0 amide bonds. The average molecular weight is 567 g/mol. The van der Waals surface area contributed by atoms with Crippen LogP contribution in [0, 0.1) is 18.6 Å². The minimum Gasteiger partial charge on any atom is -0.494 e. The molecule has 0 aliphatic carbocycles. The molecule has 0 saturated heterocycles. The Hall–Kier alpha value is -2.85. The van der Waals surface area contributed by atoms with Crippen molar-refractivity contribution in [1.82, 2.24) is 9.47 Å². The van der Waals surface area contributed by atoms with Gasteiger partial charge >= 0.3 is 6.18 Å². The molecule has 0 spiro atoms. The Kier molecular flexibility index (Phi) is 7.93. The zero-order chi connectivity index (χ0) is 28.9. The summed E-state index contributed by atoms with van der Waals surface area (Å²) in [5, 5.41) is 0.480. The van der Waals surface area contributed by atoms with Crippen LogP contribution in [0.1, 0.15) is 49.1 Å². The van der Waals surface area contributed by atoms with Gasteiger partial charge < -0.3 is 4.74 Å². The Labute approximate surface area is 228 Å². The number of rotatable bonds is 6. The Morgan fingerprint density at radius 1 is 1.08 bits per heavy atom. The van der Waals surface area contributed by atoms with Crippen molar-refractivity contribution in [3.63, 3.8) is 0 Å². The van der Waals surface area contributed by atoms with Gasteiger partial charge in [-0.1, -0.05) is 18.2 Å². The topological polar surface area (TPSA) is 34.5 Å². The maximum absolute atomic E-state index is 15.5. The summed E-state index contributed by atoms with van der Waals surface area (Å²) < 4.78 is 78.7. The average Bonchev–Trinajstić information content (AvgIpc) is 3.26. The van der Waals surface area contributed by atoms with Gasteiger partial charge in [-0.2, -0.15) is 13.2 Å². The summed E-state index contributed by atoms with van der Waals surface area (Å²) in [4.78, 5) is 16.1. The fraction of sp³-hybridized carbons (Fsp3) is 0.414. The number of hydrogen-bond acceptors (Lipinski definition) is 4. The van der Waals surface area contributed by atoms with E-state index in [4.69, 9.17) is 4.74 Å². The molecule has 1 aliphatic heterocycles. The van der Waals surface area contributed by atoms with Gasteiger partial charge in [-0.25, -0.2) is 8.78 Å². The summed E-state index contributed by atoms with van der Waals surface area (Å²) in [6.07, 6.45) is -5.18. The predicted octanol–water partition coefficient (Wildman–Crippen LogP) is 7.10. The Morgan fingerprint density at radius 3 is 2.36 bits per heavy atom. The summed E-state index contributed by atoms with van der Waals surface area (Å²) in [5.41, 5.74) is -1.55. The molecule has 1 atom stereocenters. The molecular weight excluding hydrogens is 535 g/mol. The van der Waals surface area contributed by atoms with Gasteiger partial charge in [-0.3, -0.25) is 14.3 Å². The number of likely N-dealkylation sites (N-methyl/N-ethyl adjacent to an activating group) is 1. The van der Waals surface area contributed by atoms with Crippen LogP contribution in [0.3, 0.4) is 0 Å². The maximum atomic E-state index is 15.5. The number of pyridine rings is 1. The highest BCUT2D eigenvalue weighted by Crippen LogP contribution is 2.42. The smallest absolute Gasteiger partial charge is 0.416 e. The normalized spacial score (nSPS) is 15.6. The fourth-order valence-electron chi connectivity index (χ4n) is 4.86. The third-order valence-corrected chi connectivity index (χ3v) is 8.64. The molecule has 210 valence electrons. The fourth-order valence-corrected chi connectivity index (χ4v) is 6.23. The lowest BCUT2D eigenvalue weighted by Gasteiger charge is -2.34. The van der Waals surface area contributed by atoms with Crippen LogP contribution in [-0.2, 0) is 12.6 Å². The number of halogens is 5. The van der Waals surface area contributed by atoms with Crippen LogP contribution >= 0.6 is 11.8 Å². The van der Waals surface area contributed by atoms with Gasteiger partial charge in [0.15, 0.2) is 11.6 Å². The molecule has 4 nitrogen and oxygen atoms in total. The molecule has 1 aromatic heterocycles. The number of methoxy groups -OCH3 is 1. The standard InChI is InChI=1S/C29H31F5N2O2S/c1-16-19(13-20-21(29(32,33)34)10-8-11-22(20)30)27-36(17(15-39-27)14-35(5)28(2,3)4)26(37)24(16)18-9-7-12-23(38-6)25(18)31/h7-12,17H,13-15H2,1-6H3. The summed E-state index contributed by atoms with van der Waals surface area (Å²) >= 11 is 1.35. The van der Waals surface area contributed by atoms with E-state index in [0.29, 0.717) is 28.5 Å². The Balaban J connectivity index is 2.00. The van der Waals surface area contributed by atoms with Crippen LogP contribution < -0.4 is 10.3 Å². The molecule has 0 fully saturated rings. The molecule has 2 aromatic carbocycles. The van der Waals surface area contributed by atoms with Crippen molar-refractivity contribution < 1.29 is 26.7 Å². The summed E-state index contributed by atoms with van der Waals surface area (Å²) in [6.45, 7) is 8.17. The van der Waals surface area contributed by atoms with Gasteiger partial charge in [0, 0.05) is 35.4 Å². The van der Waals surface area contributed by atoms with Gasteiger partial charge in [0.05, 0.1) is 29.3 Å². The first-order valence-corrected chi connectivity index (χ1v) is 13.4. The number of thioether (sulfide) groups is 1. The number of ether oxygens (including phenoxy) is 1. The van der Waals surface area contributed by atoms with Gasteiger partial charge in [-0.05, 0) is 64.1 Å². The molecule has 2 heterocycles. The zero-order valence-corrected chi connectivity index (χ0v) is 23.5. The predicted molar refractivity (Wildman–Crippen MR) is 144 cm³/mol. The van der Waals surface area contributed by atoms with E-state index in [9.17, 15) is 22.4 Å². The number of benzene rings is 2. The first-order valence-electron chi connectivity index (χ1n) is 12.5. The van der Waals surface area contributed by atoms with E-state index in [-0.39, 0.29) is 28.5 Å². The number of hydrogen-bond donors (Lipinski definition) is 0. The van der Waals surface area contributed by atoms with Crippen LogP contribution in [0.15, 0.2) is 46.2 Å². The minimum absolute atomic E-state index is 0.0159.